The van der Waals surface area contributed by atoms with Gasteiger partial charge in [-0.15, -0.1) is 12.4 Å². The molecule has 0 spiro atoms. The Hall–Kier alpha value is -0.320. The molecule has 0 saturated heterocycles. The number of hydrogen-bond donors (Lipinski definition) is 1. The third kappa shape index (κ3) is 13.6. The lowest BCUT2D eigenvalue weighted by molar-refractivity contribution is -0.137. The van der Waals surface area contributed by atoms with Crippen molar-refractivity contribution in [3.63, 3.8) is 0 Å². The number of ether oxygens (including phenoxy) is 1. The third-order valence-corrected chi connectivity index (χ3v) is 2.35. The number of carboxylic acids is 1. The SMILES string of the molecule is COCCN(CCCCC(=O)O)CC(C)C.Cl. The predicted molar refractivity (Wildman–Crippen MR) is 71.9 cm³/mol. The number of methoxy groups -OCH3 is 1. The van der Waals surface area contributed by atoms with Crippen molar-refractivity contribution < 1.29 is 14.6 Å². The van der Waals surface area contributed by atoms with Crippen LogP contribution in [0.15, 0.2) is 0 Å². The van der Waals surface area contributed by atoms with Crippen LogP contribution in [0.25, 0.3) is 0 Å². The normalized spacial score (nSPS) is 10.6. The van der Waals surface area contributed by atoms with Crippen molar-refractivity contribution in [3.05, 3.63) is 0 Å². The topological polar surface area (TPSA) is 49.8 Å². The quantitative estimate of drug-likeness (QED) is 0.617. The molecule has 0 bridgehead atoms. The zero-order valence-electron chi connectivity index (χ0n) is 11.1. The molecule has 0 amide bonds. The number of rotatable bonds is 10. The van der Waals surface area contributed by atoms with Gasteiger partial charge in [0, 0.05) is 26.6 Å². The van der Waals surface area contributed by atoms with E-state index in [1.54, 1.807) is 7.11 Å². The first kappa shape index (κ1) is 19.0. The molecule has 0 saturated carbocycles. The van der Waals surface area contributed by atoms with Gasteiger partial charge in [-0.3, -0.25) is 4.79 Å². The summed E-state index contributed by atoms with van der Waals surface area (Å²) in [5, 5.41) is 8.53. The minimum atomic E-state index is -0.702. The molecule has 0 unspecified atom stereocenters. The van der Waals surface area contributed by atoms with Gasteiger partial charge in [0.05, 0.1) is 6.61 Å². The predicted octanol–water partition coefficient (Wildman–Crippen LogP) is 2.27. The van der Waals surface area contributed by atoms with Gasteiger partial charge in [-0.2, -0.15) is 0 Å². The highest BCUT2D eigenvalue weighted by molar-refractivity contribution is 5.85. The summed E-state index contributed by atoms with van der Waals surface area (Å²) < 4.78 is 5.06. The average molecular weight is 268 g/mol. The maximum atomic E-state index is 10.4. The van der Waals surface area contributed by atoms with Crippen molar-refractivity contribution in [2.24, 2.45) is 5.92 Å². The first-order valence-corrected chi connectivity index (χ1v) is 5.99. The Labute approximate surface area is 111 Å². The average Bonchev–Trinajstić information content (AvgIpc) is 2.19. The zero-order valence-corrected chi connectivity index (χ0v) is 12.0. The number of halogens is 1. The lowest BCUT2D eigenvalue weighted by atomic mass is 10.2. The Morgan fingerprint density at radius 3 is 2.41 bits per heavy atom. The van der Waals surface area contributed by atoms with E-state index in [2.05, 4.69) is 18.7 Å². The number of carbonyl (C=O) groups is 1. The van der Waals surface area contributed by atoms with Crippen molar-refractivity contribution in [2.45, 2.75) is 33.1 Å². The molecule has 0 aromatic carbocycles. The second kappa shape index (κ2) is 12.1. The van der Waals surface area contributed by atoms with E-state index in [1.807, 2.05) is 0 Å². The molecule has 0 fully saturated rings. The molecule has 0 radical (unpaired) electrons. The molecule has 0 aliphatic rings. The van der Waals surface area contributed by atoms with E-state index < -0.39 is 5.97 Å². The van der Waals surface area contributed by atoms with Crippen molar-refractivity contribution in [2.75, 3.05) is 33.4 Å². The van der Waals surface area contributed by atoms with E-state index >= 15 is 0 Å². The highest BCUT2D eigenvalue weighted by atomic mass is 35.5. The second-order valence-corrected chi connectivity index (χ2v) is 4.54. The highest BCUT2D eigenvalue weighted by Gasteiger charge is 2.07. The third-order valence-electron chi connectivity index (χ3n) is 2.35. The van der Waals surface area contributed by atoms with E-state index in [0.29, 0.717) is 5.92 Å². The molecule has 0 rings (SSSR count). The van der Waals surface area contributed by atoms with Gasteiger partial charge >= 0.3 is 5.97 Å². The lowest BCUT2D eigenvalue weighted by Gasteiger charge is -2.23. The van der Waals surface area contributed by atoms with Crippen LogP contribution in [-0.2, 0) is 9.53 Å². The van der Waals surface area contributed by atoms with Crippen LogP contribution >= 0.6 is 12.4 Å². The molecule has 0 aliphatic heterocycles. The Kier molecular flexibility index (Phi) is 13.6. The highest BCUT2D eigenvalue weighted by Crippen LogP contribution is 2.03. The molecule has 17 heavy (non-hydrogen) atoms. The van der Waals surface area contributed by atoms with Gasteiger partial charge in [0.2, 0.25) is 0 Å². The smallest absolute Gasteiger partial charge is 0.303 e. The summed E-state index contributed by atoms with van der Waals surface area (Å²) in [5.41, 5.74) is 0. The van der Waals surface area contributed by atoms with Gasteiger partial charge in [0.25, 0.3) is 0 Å². The Balaban J connectivity index is 0. The minimum Gasteiger partial charge on any atom is -0.481 e. The van der Waals surface area contributed by atoms with Gasteiger partial charge < -0.3 is 14.7 Å². The second-order valence-electron chi connectivity index (χ2n) is 4.54. The molecule has 0 aromatic heterocycles. The zero-order chi connectivity index (χ0) is 12.4. The fraction of sp³-hybridized carbons (Fsp3) is 0.917. The number of aliphatic carboxylic acids is 1. The monoisotopic (exact) mass is 267 g/mol. The maximum Gasteiger partial charge on any atom is 0.303 e. The Morgan fingerprint density at radius 2 is 1.94 bits per heavy atom. The van der Waals surface area contributed by atoms with E-state index in [4.69, 9.17) is 9.84 Å². The minimum absolute atomic E-state index is 0. The van der Waals surface area contributed by atoms with E-state index in [9.17, 15) is 4.79 Å². The first-order chi connectivity index (χ1) is 7.56. The molecule has 0 heterocycles. The number of unbranched alkanes of at least 4 members (excludes halogenated alkanes) is 1. The van der Waals surface area contributed by atoms with E-state index in [0.717, 1.165) is 39.1 Å². The van der Waals surface area contributed by atoms with Crippen molar-refractivity contribution >= 4 is 18.4 Å². The first-order valence-electron chi connectivity index (χ1n) is 5.99. The summed E-state index contributed by atoms with van der Waals surface area (Å²) in [6.07, 6.45) is 1.99. The van der Waals surface area contributed by atoms with E-state index in [1.165, 1.54) is 0 Å². The summed E-state index contributed by atoms with van der Waals surface area (Å²) in [5.74, 6) is -0.0661. The van der Waals surface area contributed by atoms with Crippen LogP contribution in [0.5, 0.6) is 0 Å². The Bertz CT molecular complexity index is 189. The van der Waals surface area contributed by atoms with Gasteiger partial charge in [0.15, 0.2) is 0 Å². The molecule has 4 nitrogen and oxygen atoms in total. The van der Waals surface area contributed by atoms with Crippen molar-refractivity contribution in [3.8, 4) is 0 Å². The summed E-state index contributed by atoms with van der Waals surface area (Å²) >= 11 is 0. The van der Waals surface area contributed by atoms with Gasteiger partial charge in [-0.1, -0.05) is 13.8 Å². The van der Waals surface area contributed by atoms with Gasteiger partial charge in [-0.25, -0.2) is 0 Å². The van der Waals surface area contributed by atoms with Gasteiger partial charge in [-0.05, 0) is 25.3 Å². The van der Waals surface area contributed by atoms with Crippen LogP contribution in [-0.4, -0.2) is 49.3 Å². The lowest BCUT2D eigenvalue weighted by Crippen LogP contribution is -2.32. The summed E-state index contributed by atoms with van der Waals surface area (Å²) in [6.45, 7) is 8.08. The largest absolute Gasteiger partial charge is 0.481 e. The molecule has 1 N–H and O–H groups in total. The summed E-state index contributed by atoms with van der Waals surface area (Å²) in [7, 11) is 1.71. The van der Waals surface area contributed by atoms with Gasteiger partial charge in [0.1, 0.15) is 0 Å². The molecule has 0 aromatic rings. The molecular weight excluding hydrogens is 242 g/mol. The van der Waals surface area contributed by atoms with Crippen LogP contribution in [0.3, 0.4) is 0 Å². The molecule has 0 atom stereocenters. The number of nitrogens with zero attached hydrogens (tertiary/aromatic N) is 1. The number of carboxylic acid groups (broad SMARTS) is 1. The summed E-state index contributed by atoms with van der Waals surface area (Å²) in [4.78, 5) is 12.7. The molecular formula is C12H26ClNO3. The van der Waals surface area contributed by atoms with Crippen LogP contribution < -0.4 is 0 Å². The molecule has 104 valence electrons. The summed E-state index contributed by atoms with van der Waals surface area (Å²) in [6, 6.07) is 0. The Morgan fingerprint density at radius 1 is 1.29 bits per heavy atom. The number of hydrogen-bond acceptors (Lipinski definition) is 3. The molecule has 5 heteroatoms. The van der Waals surface area contributed by atoms with Crippen LogP contribution in [0.4, 0.5) is 0 Å². The van der Waals surface area contributed by atoms with E-state index in [-0.39, 0.29) is 18.8 Å². The molecule has 0 aliphatic carbocycles. The van der Waals surface area contributed by atoms with Crippen molar-refractivity contribution in [1.82, 2.24) is 4.90 Å². The fourth-order valence-corrected chi connectivity index (χ4v) is 1.64. The standard InChI is InChI=1S/C12H25NO3.ClH/c1-11(2)10-13(8-9-16-3)7-5-4-6-12(14)15;/h11H,4-10H2,1-3H3,(H,14,15);1H. The van der Waals surface area contributed by atoms with Crippen LogP contribution in [0.2, 0.25) is 0 Å². The maximum absolute atomic E-state index is 10.4. The van der Waals surface area contributed by atoms with Crippen LogP contribution in [0.1, 0.15) is 33.1 Å². The van der Waals surface area contributed by atoms with Crippen molar-refractivity contribution in [1.29, 1.82) is 0 Å². The fourth-order valence-electron chi connectivity index (χ4n) is 1.64. The van der Waals surface area contributed by atoms with Crippen LogP contribution in [0, 0.1) is 5.92 Å².